The van der Waals surface area contributed by atoms with Gasteiger partial charge in [-0.25, -0.2) is 0 Å². The number of carbonyl (C=O) groups excluding carboxylic acids is 2. The summed E-state index contributed by atoms with van der Waals surface area (Å²) < 4.78 is 5.85. The van der Waals surface area contributed by atoms with Crippen LogP contribution < -0.4 is 15.8 Å². The lowest BCUT2D eigenvalue weighted by Gasteiger charge is -2.36. The topological polar surface area (TPSA) is 124 Å². The lowest BCUT2D eigenvalue weighted by molar-refractivity contribution is -0.385. The van der Waals surface area contributed by atoms with Crippen LogP contribution in [0.4, 0.5) is 11.4 Å². The van der Waals surface area contributed by atoms with E-state index in [2.05, 4.69) is 10.1 Å². The van der Waals surface area contributed by atoms with Crippen LogP contribution in [-0.2, 0) is 21.4 Å². The Labute approximate surface area is 153 Å². The fourth-order valence-electron chi connectivity index (χ4n) is 3.35. The van der Waals surface area contributed by atoms with Gasteiger partial charge in [-0.1, -0.05) is 18.2 Å². The smallest absolute Gasteiger partial charge is 0.357 e. The number of methoxy groups -OCH3 is 1. The largest absolute Gasteiger partial charge is 0.469 e. The highest BCUT2D eigenvalue weighted by atomic mass is 16.6. The molecule has 1 atom stereocenters. The van der Waals surface area contributed by atoms with Gasteiger partial charge < -0.3 is 19.5 Å². The zero-order chi connectivity index (χ0) is 19.7. The first-order valence-electron chi connectivity index (χ1n) is 8.24. The summed E-state index contributed by atoms with van der Waals surface area (Å²) in [7, 11) is 2.65. The van der Waals surface area contributed by atoms with Crippen LogP contribution in [0.25, 0.3) is 10.9 Å². The lowest BCUT2D eigenvalue weighted by Crippen LogP contribution is -2.56. The molecule has 1 N–H and O–H groups in total. The zero-order valence-electron chi connectivity index (χ0n) is 14.8. The number of benzene rings is 1. The Kier molecular flexibility index (Phi) is 4.80. The number of aryl methyl sites for hydroxylation is 1. The molecule has 0 saturated carbocycles. The number of aromatic nitrogens is 1. The number of anilines is 1. The molecule has 1 fully saturated rings. The first-order valence-corrected chi connectivity index (χ1v) is 8.24. The van der Waals surface area contributed by atoms with Crippen molar-refractivity contribution < 1.29 is 19.2 Å². The predicted octanol–water partition coefficient (Wildman–Crippen LogP) is 0.315. The molecule has 10 heteroatoms. The Bertz CT molecular complexity index is 999. The average Bonchev–Trinajstić information content (AvgIpc) is 2.65. The SMILES string of the molecule is COC(=O)CC1C(=O)NCCN1c1c([N+](=O)[O-])c(=O)n(C)c2ccccc12. The van der Waals surface area contributed by atoms with Crippen molar-refractivity contribution in [2.75, 3.05) is 25.1 Å². The van der Waals surface area contributed by atoms with Crippen LogP contribution in [0.15, 0.2) is 29.1 Å². The van der Waals surface area contributed by atoms with Gasteiger partial charge in [0.25, 0.3) is 0 Å². The maximum atomic E-state index is 12.7. The Balaban J connectivity index is 2.30. The van der Waals surface area contributed by atoms with Crippen molar-refractivity contribution in [3.05, 3.63) is 44.7 Å². The summed E-state index contributed by atoms with van der Waals surface area (Å²) in [6.45, 7) is 0.447. The number of pyridine rings is 1. The first kappa shape index (κ1) is 18.4. The van der Waals surface area contributed by atoms with Crippen LogP contribution in [0.2, 0.25) is 0 Å². The van der Waals surface area contributed by atoms with E-state index < -0.39 is 34.1 Å². The standard InChI is InChI=1S/C17H18N4O6/c1-19-11-6-4-3-5-10(11)14(15(17(19)24)21(25)26)20-8-7-18-16(23)12(20)9-13(22)27-2/h3-6,12H,7-9H2,1-2H3,(H,18,23). The number of rotatable bonds is 4. The first-order chi connectivity index (χ1) is 12.9. The molecule has 2 heterocycles. The molecule has 27 heavy (non-hydrogen) atoms. The van der Waals surface area contributed by atoms with E-state index >= 15 is 0 Å². The monoisotopic (exact) mass is 374 g/mol. The third-order valence-corrected chi connectivity index (χ3v) is 4.64. The number of hydrogen-bond donors (Lipinski definition) is 1. The van der Waals surface area contributed by atoms with E-state index in [1.807, 2.05) is 0 Å². The van der Waals surface area contributed by atoms with Gasteiger partial charge in [-0.2, -0.15) is 0 Å². The molecule has 1 aliphatic rings. The minimum Gasteiger partial charge on any atom is -0.469 e. The van der Waals surface area contributed by atoms with E-state index in [4.69, 9.17) is 0 Å². The number of amides is 1. The molecule has 1 aromatic carbocycles. The highest BCUT2D eigenvalue weighted by molar-refractivity contribution is 6.00. The molecule has 2 aromatic rings. The summed E-state index contributed by atoms with van der Waals surface area (Å²) in [4.78, 5) is 49.3. The molecule has 1 aromatic heterocycles. The molecule has 1 amide bonds. The number of ether oxygens (including phenoxy) is 1. The predicted molar refractivity (Wildman–Crippen MR) is 96.6 cm³/mol. The number of esters is 1. The number of piperazine rings is 1. The van der Waals surface area contributed by atoms with Crippen molar-refractivity contribution in [2.24, 2.45) is 7.05 Å². The molecule has 10 nitrogen and oxygen atoms in total. The van der Waals surface area contributed by atoms with Gasteiger partial charge in [-0.3, -0.25) is 24.5 Å². The molecule has 0 spiro atoms. The van der Waals surface area contributed by atoms with Crippen LogP contribution in [0.5, 0.6) is 0 Å². The number of nitrogens with zero attached hydrogens (tertiary/aromatic N) is 3. The second-order valence-corrected chi connectivity index (χ2v) is 6.12. The summed E-state index contributed by atoms with van der Waals surface area (Å²) in [6, 6.07) is 5.72. The maximum Gasteiger partial charge on any atom is 0.357 e. The molecule has 1 saturated heterocycles. The quantitative estimate of drug-likeness (QED) is 0.464. The summed E-state index contributed by atoms with van der Waals surface area (Å²) in [5, 5.41) is 14.8. The zero-order valence-corrected chi connectivity index (χ0v) is 14.8. The number of para-hydroxylation sites is 1. The third kappa shape index (κ3) is 3.09. The van der Waals surface area contributed by atoms with Crippen molar-refractivity contribution in [3.8, 4) is 0 Å². The molecular formula is C17H18N4O6. The van der Waals surface area contributed by atoms with Crippen LogP contribution >= 0.6 is 0 Å². The second-order valence-electron chi connectivity index (χ2n) is 6.12. The highest BCUT2D eigenvalue weighted by Crippen LogP contribution is 2.35. The van der Waals surface area contributed by atoms with Crippen molar-refractivity contribution in [3.63, 3.8) is 0 Å². The van der Waals surface area contributed by atoms with Gasteiger partial charge in [0.05, 0.1) is 24.0 Å². The number of fused-ring (bicyclic) bond motifs is 1. The van der Waals surface area contributed by atoms with Crippen LogP contribution in [0.1, 0.15) is 6.42 Å². The van der Waals surface area contributed by atoms with Crippen LogP contribution in [-0.4, -0.2) is 47.6 Å². The van der Waals surface area contributed by atoms with E-state index in [0.717, 1.165) is 0 Å². The number of hydrogen-bond acceptors (Lipinski definition) is 7. The summed E-state index contributed by atoms with van der Waals surface area (Å²) in [6.07, 6.45) is -0.289. The molecule has 142 valence electrons. The van der Waals surface area contributed by atoms with E-state index in [1.165, 1.54) is 23.6 Å². The van der Waals surface area contributed by atoms with E-state index in [-0.39, 0.29) is 25.2 Å². The fourth-order valence-corrected chi connectivity index (χ4v) is 3.35. The number of nitrogens with one attached hydrogen (secondary N) is 1. The van der Waals surface area contributed by atoms with E-state index in [0.29, 0.717) is 10.9 Å². The van der Waals surface area contributed by atoms with Gasteiger partial charge in [-0.15, -0.1) is 0 Å². The fraction of sp³-hybridized carbons (Fsp3) is 0.353. The lowest BCUT2D eigenvalue weighted by atomic mass is 10.0. The second kappa shape index (κ2) is 7.06. The molecule has 0 bridgehead atoms. The van der Waals surface area contributed by atoms with Crippen LogP contribution in [0.3, 0.4) is 0 Å². The third-order valence-electron chi connectivity index (χ3n) is 4.64. The summed E-state index contributed by atoms with van der Waals surface area (Å²) >= 11 is 0. The van der Waals surface area contributed by atoms with Crippen molar-refractivity contribution >= 4 is 34.2 Å². The van der Waals surface area contributed by atoms with Gasteiger partial charge in [0, 0.05) is 25.5 Å². The molecule has 1 unspecified atom stereocenters. The molecule has 3 rings (SSSR count). The minimum atomic E-state index is -1.01. The van der Waals surface area contributed by atoms with Crippen molar-refractivity contribution in [1.29, 1.82) is 0 Å². The minimum absolute atomic E-state index is 0.0439. The van der Waals surface area contributed by atoms with E-state index in [1.54, 1.807) is 24.3 Å². The molecule has 0 aliphatic carbocycles. The maximum absolute atomic E-state index is 12.7. The molecule has 0 radical (unpaired) electrons. The Morgan fingerprint density at radius 3 is 2.74 bits per heavy atom. The van der Waals surface area contributed by atoms with Crippen molar-refractivity contribution in [1.82, 2.24) is 9.88 Å². The van der Waals surface area contributed by atoms with Gasteiger partial charge in [0.15, 0.2) is 0 Å². The van der Waals surface area contributed by atoms with E-state index in [9.17, 15) is 24.5 Å². The molecule has 1 aliphatic heterocycles. The average molecular weight is 374 g/mol. The summed E-state index contributed by atoms with van der Waals surface area (Å²) in [5.74, 6) is -1.08. The van der Waals surface area contributed by atoms with Gasteiger partial charge in [-0.05, 0) is 6.07 Å². The van der Waals surface area contributed by atoms with Crippen LogP contribution in [0, 0.1) is 10.1 Å². The van der Waals surface area contributed by atoms with Crippen molar-refractivity contribution in [2.45, 2.75) is 12.5 Å². The Morgan fingerprint density at radius 1 is 1.37 bits per heavy atom. The molecular weight excluding hydrogens is 356 g/mol. The highest BCUT2D eigenvalue weighted by Gasteiger charge is 2.38. The number of carbonyl (C=O) groups is 2. The van der Waals surface area contributed by atoms with Gasteiger partial charge >= 0.3 is 17.2 Å². The Morgan fingerprint density at radius 2 is 2.07 bits per heavy atom. The summed E-state index contributed by atoms with van der Waals surface area (Å²) in [5.41, 5.74) is -0.870. The van der Waals surface area contributed by atoms with Gasteiger partial charge in [0.1, 0.15) is 11.7 Å². The number of nitro groups is 1. The Hall–Kier alpha value is -3.43. The van der Waals surface area contributed by atoms with Gasteiger partial charge in [0.2, 0.25) is 5.91 Å². The normalized spacial score (nSPS) is 16.9.